The maximum absolute atomic E-state index is 14.9. The Balaban J connectivity index is 1.58. The van der Waals surface area contributed by atoms with Crippen molar-refractivity contribution in [1.29, 1.82) is 0 Å². The van der Waals surface area contributed by atoms with Gasteiger partial charge in [0, 0.05) is 29.4 Å². The van der Waals surface area contributed by atoms with E-state index in [4.69, 9.17) is 0 Å². The third-order valence-electron chi connectivity index (χ3n) is 5.82. The molecular weight excluding hydrogens is 367 g/mol. The van der Waals surface area contributed by atoms with Crippen LogP contribution in [0.2, 0.25) is 0 Å². The van der Waals surface area contributed by atoms with Crippen LogP contribution in [0.4, 0.5) is 4.39 Å². The van der Waals surface area contributed by atoms with Gasteiger partial charge in [-0.2, -0.15) is 5.10 Å². The van der Waals surface area contributed by atoms with Crippen LogP contribution in [0.15, 0.2) is 30.7 Å². The van der Waals surface area contributed by atoms with Crippen molar-refractivity contribution in [1.82, 2.24) is 29.3 Å². The number of aromatic nitrogens is 5. The number of piperidine rings is 1. The topological polar surface area (TPSA) is 59.5 Å². The predicted molar refractivity (Wildman–Crippen MR) is 111 cm³/mol. The Morgan fingerprint density at radius 1 is 1.10 bits per heavy atom. The summed E-state index contributed by atoms with van der Waals surface area (Å²) < 4.78 is 18.5. The van der Waals surface area contributed by atoms with Crippen LogP contribution in [0.5, 0.6) is 0 Å². The number of fused-ring (bicyclic) bond motifs is 2. The van der Waals surface area contributed by atoms with Gasteiger partial charge >= 0.3 is 0 Å². The molecule has 0 radical (unpaired) electrons. The number of rotatable bonds is 2. The fourth-order valence-corrected chi connectivity index (χ4v) is 4.43. The number of pyridine rings is 1. The van der Waals surface area contributed by atoms with Crippen LogP contribution in [0, 0.1) is 19.7 Å². The van der Waals surface area contributed by atoms with Crippen molar-refractivity contribution in [3.05, 3.63) is 53.5 Å². The average Bonchev–Trinajstić information content (AvgIpc) is 3.24. The predicted octanol–water partition coefficient (Wildman–Crippen LogP) is 4.05. The summed E-state index contributed by atoms with van der Waals surface area (Å²) in [6.45, 7) is 9.29. The van der Waals surface area contributed by atoms with Crippen LogP contribution in [-0.4, -0.2) is 36.1 Å². The SMILES string of the molecule is Cc1cn2nc(-c3cc(F)c4nc([C@@H]5CCNC(C)(C)C5)cn4c3)cc(C)c2n1. The summed E-state index contributed by atoms with van der Waals surface area (Å²) in [5.41, 5.74) is 5.58. The lowest BCUT2D eigenvalue weighted by molar-refractivity contribution is 0.273. The monoisotopic (exact) mass is 392 g/mol. The second-order valence-corrected chi connectivity index (χ2v) is 8.84. The van der Waals surface area contributed by atoms with E-state index < -0.39 is 0 Å². The Morgan fingerprint density at radius 3 is 2.72 bits per heavy atom. The fourth-order valence-electron chi connectivity index (χ4n) is 4.43. The molecule has 0 unspecified atom stereocenters. The first-order valence-corrected chi connectivity index (χ1v) is 10.1. The van der Waals surface area contributed by atoms with Gasteiger partial charge in [0.25, 0.3) is 0 Å². The molecule has 0 saturated carbocycles. The number of nitrogens with zero attached hydrogens (tertiary/aromatic N) is 5. The van der Waals surface area contributed by atoms with Gasteiger partial charge in [0.05, 0.1) is 23.3 Å². The van der Waals surface area contributed by atoms with Gasteiger partial charge in [0.1, 0.15) is 0 Å². The molecule has 0 spiro atoms. The average molecular weight is 392 g/mol. The Labute approximate surface area is 168 Å². The largest absolute Gasteiger partial charge is 0.312 e. The maximum Gasteiger partial charge on any atom is 0.173 e. The highest BCUT2D eigenvalue weighted by molar-refractivity contribution is 5.64. The first-order chi connectivity index (χ1) is 13.8. The minimum atomic E-state index is -0.330. The normalized spacial score (nSPS) is 19.3. The lowest BCUT2D eigenvalue weighted by atomic mass is 9.83. The summed E-state index contributed by atoms with van der Waals surface area (Å²) in [5.74, 6) is 0.00273. The number of halogens is 1. The zero-order valence-corrected chi connectivity index (χ0v) is 17.2. The van der Waals surface area contributed by atoms with Crippen LogP contribution >= 0.6 is 0 Å². The minimum absolute atomic E-state index is 0.0716. The third-order valence-corrected chi connectivity index (χ3v) is 5.82. The zero-order valence-electron chi connectivity index (χ0n) is 17.2. The molecule has 0 aliphatic carbocycles. The van der Waals surface area contributed by atoms with Crippen molar-refractivity contribution in [3.8, 4) is 11.3 Å². The van der Waals surface area contributed by atoms with E-state index in [1.807, 2.05) is 38.5 Å². The van der Waals surface area contributed by atoms with Gasteiger partial charge in [-0.25, -0.2) is 18.9 Å². The highest BCUT2D eigenvalue weighted by Crippen LogP contribution is 2.33. The molecule has 1 saturated heterocycles. The molecule has 1 N–H and O–H groups in total. The van der Waals surface area contributed by atoms with Crippen molar-refractivity contribution in [2.24, 2.45) is 0 Å². The Kier molecular flexibility index (Phi) is 4.00. The van der Waals surface area contributed by atoms with Gasteiger partial charge in [-0.05, 0) is 64.8 Å². The quantitative estimate of drug-likeness (QED) is 0.559. The lowest BCUT2D eigenvalue weighted by Gasteiger charge is -2.35. The van der Waals surface area contributed by atoms with E-state index in [9.17, 15) is 4.39 Å². The molecular formula is C22H25FN6. The van der Waals surface area contributed by atoms with Gasteiger partial charge in [-0.3, -0.25) is 0 Å². The van der Waals surface area contributed by atoms with Gasteiger partial charge in [-0.15, -0.1) is 0 Å². The lowest BCUT2D eigenvalue weighted by Crippen LogP contribution is -2.45. The molecule has 7 heteroatoms. The van der Waals surface area contributed by atoms with Gasteiger partial charge in [-0.1, -0.05) is 0 Å². The molecule has 6 nitrogen and oxygen atoms in total. The molecule has 4 aromatic rings. The van der Waals surface area contributed by atoms with Gasteiger partial charge < -0.3 is 9.72 Å². The summed E-state index contributed by atoms with van der Waals surface area (Å²) in [5, 5.41) is 8.17. The number of aryl methyl sites for hydroxylation is 2. The van der Waals surface area contributed by atoms with Gasteiger partial charge in [0.2, 0.25) is 0 Å². The Hall–Kier alpha value is -2.80. The number of hydrogen-bond donors (Lipinski definition) is 1. The number of nitrogens with one attached hydrogen (secondary N) is 1. The second-order valence-electron chi connectivity index (χ2n) is 8.84. The van der Waals surface area contributed by atoms with Crippen LogP contribution < -0.4 is 5.32 Å². The molecule has 1 atom stereocenters. The first-order valence-electron chi connectivity index (χ1n) is 10.1. The molecule has 0 aromatic carbocycles. The second kappa shape index (κ2) is 6.35. The first kappa shape index (κ1) is 18.2. The third kappa shape index (κ3) is 3.19. The van der Waals surface area contributed by atoms with Crippen molar-refractivity contribution in [2.75, 3.05) is 6.54 Å². The van der Waals surface area contributed by atoms with E-state index in [2.05, 4.69) is 34.2 Å². The molecule has 29 heavy (non-hydrogen) atoms. The Bertz CT molecular complexity index is 1240. The van der Waals surface area contributed by atoms with E-state index in [1.54, 1.807) is 8.92 Å². The standard InChI is InChI=1S/C22H25FN6/c1-13-7-18(27-29-10-14(2)25-20(13)29)16-8-17(23)21-26-19(12-28(21)11-16)15-5-6-24-22(3,4)9-15/h7-8,10-12,15,24H,5-6,9H2,1-4H3/t15-/m1/s1. The molecule has 150 valence electrons. The van der Waals surface area contributed by atoms with Crippen LogP contribution in [0.3, 0.4) is 0 Å². The summed E-state index contributed by atoms with van der Waals surface area (Å²) in [4.78, 5) is 9.12. The van der Waals surface area contributed by atoms with Crippen LogP contribution in [0.25, 0.3) is 22.6 Å². The summed E-state index contributed by atoms with van der Waals surface area (Å²) in [6.07, 6.45) is 7.77. The molecule has 0 bridgehead atoms. The smallest absolute Gasteiger partial charge is 0.173 e. The summed E-state index contributed by atoms with van der Waals surface area (Å²) in [6, 6.07) is 3.48. The molecule has 5 heterocycles. The highest BCUT2D eigenvalue weighted by Gasteiger charge is 2.30. The van der Waals surface area contributed by atoms with E-state index in [-0.39, 0.29) is 11.4 Å². The Morgan fingerprint density at radius 2 is 1.93 bits per heavy atom. The van der Waals surface area contributed by atoms with E-state index >= 15 is 0 Å². The summed E-state index contributed by atoms with van der Waals surface area (Å²) >= 11 is 0. The van der Waals surface area contributed by atoms with Crippen molar-refractivity contribution >= 4 is 11.3 Å². The molecule has 1 aliphatic heterocycles. The van der Waals surface area contributed by atoms with Crippen molar-refractivity contribution < 1.29 is 4.39 Å². The van der Waals surface area contributed by atoms with Crippen molar-refractivity contribution in [2.45, 2.75) is 52.0 Å². The minimum Gasteiger partial charge on any atom is -0.312 e. The number of hydrogen-bond acceptors (Lipinski definition) is 4. The zero-order chi connectivity index (χ0) is 20.3. The molecule has 5 rings (SSSR count). The molecule has 0 amide bonds. The van der Waals surface area contributed by atoms with E-state index in [0.717, 1.165) is 47.5 Å². The number of imidazole rings is 2. The fraction of sp³-hybridized carbons (Fsp3) is 0.409. The summed E-state index contributed by atoms with van der Waals surface area (Å²) in [7, 11) is 0. The molecule has 1 fully saturated rings. The van der Waals surface area contributed by atoms with Gasteiger partial charge in [0.15, 0.2) is 17.1 Å². The van der Waals surface area contributed by atoms with Crippen LogP contribution in [-0.2, 0) is 0 Å². The van der Waals surface area contributed by atoms with E-state index in [0.29, 0.717) is 17.3 Å². The van der Waals surface area contributed by atoms with E-state index in [1.165, 1.54) is 6.07 Å². The van der Waals surface area contributed by atoms with Crippen LogP contribution in [0.1, 0.15) is 49.6 Å². The van der Waals surface area contributed by atoms with Crippen molar-refractivity contribution in [3.63, 3.8) is 0 Å². The molecule has 1 aliphatic rings. The highest BCUT2D eigenvalue weighted by atomic mass is 19.1. The maximum atomic E-state index is 14.9. The molecule has 4 aromatic heterocycles.